The Labute approximate surface area is 234 Å². The van der Waals surface area contributed by atoms with E-state index in [1.807, 2.05) is 4.57 Å². The maximum atomic E-state index is 15.0. The minimum atomic E-state index is -5.08. The van der Waals surface area contributed by atoms with Gasteiger partial charge in [-0.1, -0.05) is 44.1 Å². The summed E-state index contributed by atoms with van der Waals surface area (Å²) in [7, 11) is 0. The zero-order valence-electron chi connectivity index (χ0n) is 32.0. The number of amides is 1. The Kier molecular flexibility index (Phi) is 4.64. The van der Waals surface area contributed by atoms with Crippen molar-refractivity contribution in [1.29, 1.82) is 0 Å². The van der Waals surface area contributed by atoms with Gasteiger partial charge in [0.25, 0.3) is 0 Å². The monoisotopic (exact) mass is 524 g/mol. The standard InChI is InChI=1S/C29H41F2N5O/c1-19(2)27-34-33-20(3)36(27)25-17-23-9-10-24(18-25)35(23)16-13-26(21-7-5-4-6-8-21)32-28(37)22-11-14-29(30,31)15-12-22/h4-8,19,22-26H,9-18H2,1-3H3,(H,32,37)/i1D3,11D2,12D2,14D2,15D2. The largest absolute Gasteiger partial charge is 0.349 e. The average Bonchev–Trinajstić information content (AvgIpc) is 3.47. The van der Waals surface area contributed by atoms with E-state index in [0.717, 1.165) is 12.8 Å². The third kappa shape index (κ3) is 5.74. The molecule has 6 nitrogen and oxygen atoms in total. The van der Waals surface area contributed by atoms with Crippen molar-refractivity contribution >= 4 is 5.91 Å². The Morgan fingerprint density at radius 1 is 1.16 bits per heavy atom. The lowest BCUT2D eigenvalue weighted by Gasteiger charge is -2.40. The zero-order valence-corrected chi connectivity index (χ0v) is 21.0. The second-order valence-corrected chi connectivity index (χ2v) is 10.3. The lowest BCUT2D eigenvalue weighted by Crippen LogP contribution is -2.45. The van der Waals surface area contributed by atoms with E-state index < -0.39 is 62.1 Å². The van der Waals surface area contributed by atoms with E-state index in [1.165, 1.54) is 0 Å². The summed E-state index contributed by atoms with van der Waals surface area (Å²) in [6.07, 6.45) is -12.5. The van der Waals surface area contributed by atoms with E-state index in [4.69, 9.17) is 15.1 Å². The predicted molar refractivity (Wildman–Crippen MR) is 139 cm³/mol. The molecule has 0 spiro atoms. The third-order valence-corrected chi connectivity index (χ3v) is 7.71. The molecule has 1 aromatic heterocycles. The molecule has 2 aromatic rings. The van der Waals surface area contributed by atoms with Crippen LogP contribution in [-0.4, -0.2) is 50.1 Å². The Morgan fingerprint density at radius 3 is 2.49 bits per heavy atom. The number of carbonyl (C=O) groups excluding carboxylic acids is 1. The van der Waals surface area contributed by atoms with Gasteiger partial charge in [0.2, 0.25) is 11.8 Å². The normalized spacial score (nSPS) is 37.8. The number of carbonyl (C=O) groups is 1. The fraction of sp³-hybridized carbons (Fsp3) is 0.690. The highest BCUT2D eigenvalue weighted by Crippen LogP contribution is 2.42. The molecule has 1 saturated carbocycles. The van der Waals surface area contributed by atoms with Crippen LogP contribution in [0.25, 0.3) is 0 Å². The topological polar surface area (TPSA) is 63.1 Å². The van der Waals surface area contributed by atoms with Crippen LogP contribution in [0.2, 0.25) is 0 Å². The SMILES string of the molecule is [2H]C([2H])([2H])C(C)c1nnc(C)n1C1CC2CCC(C1)N2CCC(NC(=O)C1C([2H])([2H])C([2H])([2H])C(F)(F)C([2H])([2H])C1([2H])[2H])c1ccccc1. The molecular weight excluding hydrogens is 472 g/mol. The summed E-state index contributed by atoms with van der Waals surface area (Å²) < 4.78 is 120. The van der Waals surface area contributed by atoms with Crippen LogP contribution in [0.5, 0.6) is 0 Å². The number of alkyl halides is 2. The number of fused-ring (bicyclic) bond motifs is 2. The molecule has 202 valence electrons. The Hall–Kier alpha value is -2.35. The molecule has 1 amide bonds. The van der Waals surface area contributed by atoms with Crippen molar-refractivity contribution in [2.45, 2.75) is 114 Å². The van der Waals surface area contributed by atoms with E-state index in [9.17, 15) is 13.6 Å². The van der Waals surface area contributed by atoms with E-state index in [1.54, 1.807) is 44.2 Å². The van der Waals surface area contributed by atoms with Gasteiger partial charge in [-0.25, -0.2) is 8.78 Å². The second-order valence-electron chi connectivity index (χ2n) is 10.3. The summed E-state index contributed by atoms with van der Waals surface area (Å²) in [4.78, 5) is 16.0. The van der Waals surface area contributed by atoms with Crippen LogP contribution in [0.4, 0.5) is 8.78 Å². The average molecular weight is 525 g/mol. The molecule has 2 saturated heterocycles. The van der Waals surface area contributed by atoms with Crippen LogP contribution in [0, 0.1) is 12.8 Å². The predicted octanol–water partition coefficient (Wildman–Crippen LogP) is 5.95. The Bertz CT molecular complexity index is 1460. The van der Waals surface area contributed by atoms with E-state index in [0.29, 0.717) is 36.6 Å². The molecular formula is C29H41F2N5O. The van der Waals surface area contributed by atoms with Crippen molar-refractivity contribution in [3.63, 3.8) is 0 Å². The summed E-state index contributed by atoms with van der Waals surface area (Å²) in [5.41, 5.74) is 0.574. The number of nitrogens with zero attached hydrogens (tertiary/aromatic N) is 4. The molecule has 4 atom stereocenters. The molecule has 0 radical (unpaired) electrons. The number of rotatable bonds is 8. The molecule has 5 rings (SSSR count). The van der Waals surface area contributed by atoms with Crippen LogP contribution in [0.1, 0.15) is 122 Å². The van der Waals surface area contributed by atoms with Gasteiger partial charge in [0, 0.05) is 64.3 Å². The Morgan fingerprint density at radius 2 is 1.84 bits per heavy atom. The highest BCUT2D eigenvalue weighted by Gasteiger charge is 2.42. The second kappa shape index (κ2) is 10.8. The minimum absolute atomic E-state index is 0.0166. The van der Waals surface area contributed by atoms with Gasteiger partial charge in [-0.2, -0.15) is 0 Å². The summed E-state index contributed by atoms with van der Waals surface area (Å²) in [6.45, 7) is 1.63. The van der Waals surface area contributed by atoms with Crippen molar-refractivity contribution in [2.75, 3.05) is 6.54 Å². The van der Waals surface area contributed by atoms with Gasteiger partial charge in [0.15, 0.2) is 0 Å². The summed E-state index contributed by atoms with van der Waals surface area (Å²) in [6, 6.07) is 7.91. The fourth-order valence-electron chi connectivity index (χ4n) is 6.02. The van der Waals surface area contributed by atoms with Gasteiger partial charge in [-0.3, -0.25) is 9.69 Å². The molecule has 4 unspecified atom stereocenters. The highest BCUT2D eigenvalue weighted by atomic mass is 19.3. The third-order valence-electron chi connectivity index (χ3n) is 7.71. The molecule has 3 aliphatic rings. The maximum absolute atomic E-state index is 15.0. The maximum Gasteiger partial charge on any atom is 0.248 e. The van der Waals surface area contributed by atoms with Crippen LogP contribution < -0.4 is 5.32 Å². The number of aryl methyl sites for hydroxylation is 1. The van der Waals surface area contributed by atoms with Crippen molar-refractivity contribution in [1.82, 2.24) is 25.0 Å². The van der Waals surface area contributed by atoms with Crippen molar-refractivity contribution in [3.8, 4) is 0 Å². The number of benzene rings is 1. The minimum Gasteiger partial charge on any atom is -0.349 e. The molecule has 8 heteroatoms. The number of piperidine rings is 1. The van der Waals surface area contributed by atoms with Crippen molar-refractivity contribution < 1.29 is 28.7 Å². The molecule has 1 N–H and O–H groups in total. The first-order chi connectivity index (χ1) is 22.0. The first-order valence-corrected chi connectivity index (χ1v) is 12.9. The molecule has 2 aliphatic heterocycles. The van der Waals surface area contributed by atoms with Gasteiger partial charge >= 0.3 is 0 Å². The molecule has 3 heterocycles. The number of halogens is 2. The van der Waals surface area contributed by atoms with Gasteiger partial charge in [-0.15, -0.1) is 10.2 Å². The fourth-order valence-corrected chi connectivity index (χ4v) is 6.02. The van der Waals surface area contributed by atoms with Crippen LogP contribution in [0.15, 0.2) is 30.3 Å². The quantitative estimate of drug-likeness (QED) is 0.463. The smallest absolute Gasteiger partial charge is 0.248 e. The summed E-state index contributed by atoms with van der Waals surface area (Å²) in [5.74, 6) is -8.95. The van der Waals surface area contributed by atoms with E-state index in [-0.39, 0.29) is 24.5 Å². The number of hydrogen-bond acceptors (Lipinski definition) is 4. The van der Waals surface area contributed by atoms with Crippen LogP contribution in [-0.2, 0) is 4.79 Å². The number of aromatic nitrogens is 3. The molecule has 2 bridgehead atoms. The van der Waals surface area contributed by atoms with Crippen LogP contribution in [0.3, 0.4) is 0 Å². The molecule has 37 heavy (non-hydrogen) atoms. The van der Waals surface area contributed by atoms with E-state index >= 15 is 0 Å². The lowest BCUT2D eigenvalue weighted by molar-refractivity contribution is -0.130. The number of nitrogens with one attached hydrogen (secondary N) is 1. The summed E-state index contributed by atoms with van der Waals surface area (Å²) >= 11 is 0. The lowest BCUT2D eigenvalue weighted by atomic mass is 9.86. The highest BCUT2D eigenvalue weighted by molar-refractivity contribution is 5.79. The summed E-state index contributed by atoms with van der Waals surface area (Å²) in [5, 5.41) is 11.0. The van der Waals surface area contributed by atoms with Gasteiger partial charge < -0.3 is 9.88 Å². The first kappa shape index (κ1) is 15.9. The first-order valence-electron chi connectivity index (χ1n) is 18.4. The van der Waals surface area contributed by atoms with Gasteiger partial charge in [-0.05, 0) is 57.3 Å². The van der Waals surface area contributed by atoms with E-state index in [2.05, 4.69) is 20.4 Å². The number of hydrogen-bond donors (Lipinski definition) is 1. The van der Waals surface area contributed by atoms with Crippen LogP contribution >= 0.6 is 0 Å². The van der Waals surface area contributed by atoms with Crippen molar-refractivity contribution in [2.24, 2.45) is 5.92 Å². The molecule has 1 aliphatic carbocycles. The zero-order chi connectivity index (χ0) is 35.8. The van der Waals surface area contributed by atoms with Gasteiger partial charge in [0.1, 0.15) is 11.6 Å². The van der Waals surface area contributed by atoms with Crippen molar-refractivity contribution in [3.05, 3.63) is 47.5 Å². The molecule has 1 aromatic carbocycles. The van der Waals surface area contributed by atoms with Gasteiger partial charge in [0.05, 0.1) is 6.04 Å². The Balaban J connectivity index is 1.36. The molecule has 3 fully saturated rings.